The minimum atomic E-state index is -3.95. The number of halogens is 3. The van der Waals surface area contributed by atoms with Crippen LogP contribution < -0.4 is 14.4 Å². The van der Waals surface area contributed by atoms with Gasteiger partial charge in [-0.3, -0.25) is 13.9 Å². The molecule has 0 heterocycles. The number of sulfonamides is 1. The van der Waals surface area contributed by atoms with E-state index < -0.39 is 28.5 Å². The first-order valence-electron chi connectivity index (χ1n) is 11.2. The van der Waals surface area contributed by atoms with Gasteiger partial charge in [-0.15, -0.1) is 0 Å². The van der Waals surface area contributed by atoms with Crippen molar-refractivity contribution < 1.29 is 22.7 Å². The summed E-state index contributed by atoms with van der Waals surface area (Å²) in [6.07, 6.45) is 1.99. The van der Waals surface area contributed by atoms with Gasteiger partial charge in [0.1, 0.15) is 18.3 Å². The zero-order chi connectivity index (χ0) is 27.0. The summed E-state index contributed by atoms with van der Waals surface area (Å²) < 4.78 is 31.8. The molecule has 0 saturated heterocycles. The SMILES string of the molecule is CCCNC(=O)[C@H](CC)N(Cc1ccc(Cl)cc1Cl)C(=O)CN(c1cc(Cl)ccc1OC)S(C)(=O)=O. The number of ether oxygens (including phenoxy) is 1. The molecule has 0 aliphatic carbocycles. The van der Waals surface area contributed by atoms with E-state index in [2.05, 4.69) is 5.32 Å². The number of hydrogen-bond acceptors (Lipinski definition) is 5. The second kappa shape index (κ2) is 13.4. The van der Waals surface area contributed by atoms with Crippen molar-refractivity contribution in [3.05, 3.63) is 57.0 Å². The Bertz CT molecular complexity index is 1190. The van der Waals surface area contributed by atoms with Crippen molar-refractivity contribution in [2.24, 2.45) is 0 Å². The molecule has 0 spiro atoms. The Morgan fingerprint density at radius 1 is 1.06 bits per heavy atom. The average Bonchev–Trinajstić information content (AvgIpc) is 2.81. The maximum atomic E-state index is 13.7. The highest BCUT2D eigenvalue weighted by atomic mass is 35.5. The van der Waals surface area contributed by atoms with Gasteiger partial charge in [0.15, 0.2) is 0 Å². The summed E-state index contributed by atoms with van der Waals surface area (Å²) in [4.78, 5) is 28.0. The third-order valence-electron chi connectivity index (χ3n) is 5.38. The molecule has 36 heavy (non-hydrogen) atoms. The van der Waals surface area contributed by atoms with Gasteiger partial charge in [-0.2, -0.15) is 0 Å². The Morgan fingerprint density at radius 2 is 1.69 bits per heavy atom. The maximum Gasteiger partial charge on any atom is 0.244 e. The first kappa shape index (κ1) is 30.0. The van der Waals surface area contributed by atoms with E-state index in [4.69, 9.17) is 39.5 Å². The van der Waals surface area contributed by atoms with Gasteiger partial charge in [0.2, 0.25) is 21.8 Å². The lowest BCUT2D eigenvalue weighted by atomic mass is 10.1. The first-order valence-corrected chi connectivity index (χ1v) is 14.2. The molecule has 0 radical (unpaired) electrons. The summed E-state index contributed by atoms with van der Waals surface area (Å²) in [5, 5.41) is 3.82. The molecule has 1 N–H and O–H groups in total. The minimum absolute atomic E-state index is 0.0306. The Hall–Kier alpha value is -2.20. The Labute approximate surface area is 227 Å². The van der Waals surface area contributed by atoms with Crippen molar-refractivity contribution >= 4 is 62.3 Å². The van der Waals surface area contributed by atoms with E-state index in [-0.39, 0.29) is 28.9 Å². The Kier molecular flexibility index (Phi) is 11.2. The fourth-order valence-corrected chi connectivity index (χ4v) is 5.05. The Morgan fingerprint density at radius 3 is 2.25 bits per heavy atom. The highest BCUT2D eigenvalue weighted by molar-refractivity contribution is 7.92. The van der Waals surface area contributed by atoms with Crippen molar-refractivity contribution in [1.29, 1.82) is 0 Å². The summed E-state index contributed by atoms with van der Waals surface area (Å²) in [5.74, 6) is -0.728. The normalized spacial score (nSPS) is 12.1. The second-order valence-corrected chi connectivity index (χ2v) is 11.2. The van der Waals surface area contributed by atoms with Crippen LogP contribution in [0.1, 0.15) is 32.3 Å². The van der Waals surface area contributed by atoms with Crippen molar-refractivity contribution in [3.63, 3.8) is 0 Å². The number of nitrogens with one attached hydrogen (secondary N) is 1. The number of amides is 2. The quantitative estimate of drug-likeness (QED) is 0.392. The van der Waals surface area contributed by atoms with Crippen molar-refractivity contribution in [2.75, 3.05) is 30.8 Å². The third-order valence-corrected chi connectivity index (χ3v) is 7.33. The van der Waals surface area contributed by atoms with Crippen LogP contribution in [0.3, 0.4) is 0 Å². The monoisotopic (exact) mass is 577 g/mol. The van der Waals surface area contributed by atoms with Crippen molar-refractivity contribution in [2.45, 2.75) is 39.3 Å². The van der Waals surface area contributed by atoms with E-state index in [1.807, 2.05) is 6.92 Å². The predicted molar refractivity (Wildman–Crippen MR) is 145 cm³/mol. The Balaban J connectivity index is 2.53. The summed E-state index contributed by atoms with van der Waals surface area (Å²) >= 11 is 18.5. The smallest absolute Gasteiger partial charge is 0.244 e. The number of carbonyl (C=O) groups is 2. The highest BCUT2D eigenvalue weighted by Gasteiger charge is 2.33. The molecule has 2 amide bonds. The lowest BCUT2D eigenvalue weighted by molar-refractivity contribution is -0.140. The molecule has 8 nitrogen and oxygen atoms in total. The minimum Gasteiger partial charge on any atom is -0.495 e. The van der Waals surface area contributed by atoms with Gasteiger partial charge in [-0.05, 0) is 48.7 Å². The molecule has 0 aromatic heterocycles. The fourth-order valence-electron chi connectivity index (χ4n) is 3.57. The number of benzene rings is 2. The first-order chi connectivity index (χ1) is 16.9. The van der Waals surface area contributed by atoms with Crippen LogP contribution in [0, 0.1) is 0 Å². The summed E-state index contributed by atoms with van der Waals surface area (Å²) in [6, 6.07) is 8.43. The molecule has 2 rings (SSSR count). The van der Waals surface area contributed by atoms with Gasteiger partial charge in [-0.25, -0.2) is 8.42 Å². The van der Waals surface area contributed by atoms with Gasteiger partial charge in [0.05, 0.1) is 19.1 Å². The van der Waals surface area contributed by atoms with Crippen LogP contribution in [0.5, 0.6) is 5.75 Å². The molecule has 12 heteroatoms. The number of anilines is 1. The number of rotatable bonds is 12. The molecular weight excluding hydrogens is 549 g/mol. The topological polar surface area (TPSA) is 96.0 Å². The van der Waals surface area contributed by atoms with Gasteiger partial charge in [0, 0.05) is 28.2 Å². The van der Waals surface area contributed by atoms with Crippen LogP contribution >= 0.6 is 34.8 Å². The fraction of sp³-hybridized carbons (Fsp3) is 0.417. The molecule has 0 aliphatic rings. The average molecular weight is 579 g/mol. The van der Waals surface area contributed by atoms with E-state index in [1.54, 1.807) is 31.2 Å². The summed E-state index contributed by atoms with van der Waals surface area (Å²) in [7, 11) is -2.56. The molecule has 1 atom stereocenters. The zero-order valence-electron chi connectivity index (χ0n) is 20.6. The standard InChI is InChI=1S/C24H30Cl3N3O5S/c1-5-11-28-24(32)20(6-2)29(14-16-7-8-17(25)12-19(16)27)23(31)15-30(36(4,33)34)21-13-18(26)9-10-22(21)35-3/h7-10,12-13,20H,5-6,11,14-15H2,1-4H3,(H,28,32)/t20-/m0/s1. The van der Waals surface area contributed by atoms with Crippen molar-refractivity contribution in [1.82, 2.24) is 10.2 Å². The number of carbonyl (C=O) groups excluding carboxylic acids is 2. The van der Waals surface area contributed by atoms with Crippen LogP contribution in [0.15, 0.2) is 36.4 Å². The largest absolute Gasteiger partial charge is 0.495 e. The zero-order valence-corrected chi connectivity index (χ0v) is 23.6. The van der Waals surface area contributed by atoms with Crippen molar-refractivity contribution in [3.8, 4) is 5.75 Å². The lowest BCUT2D eigenvalue weighted by Crippen LogP contribution is -2.52. The maximum absolute atomic E-state index is 13.7. The van der Waals surface area contributed by atoms with Crippen LogP contribution in [0.25, 0.3) is 0 Å². The molecule has 2 aromatic rings. The molecule has 0 unspecified atom stereocenters. The predicted octanol–water partition coefficient (Wildman–Crippen LogP) is 4.76. The number of hydrogen-bond donors (Lipinski definition) is 1. The van der Waals surface area contributed by atoms with Crippen LogP contribution in [-0.2, 0) is 26.2 Å². The molecule has 2 aromatic carbocycles. The summed E-state index contributed by atoms with van der Waals surface area (Å²) in [6.45, 7) is 3.51. The summed E-state index contributed by atoms with van der Waals surface area (Å²) in [5.41, 5.74) is 0.663. The van der Waals surface area contributed by atoms with Crippen LogP contribution in [0.2, 0.25) is 15.1 Å². The lowest BCUT2D eigenvalue weighted by Gasteiger charge is -2.33. The van der Waals surface area contributed by atoms with E-state index >= 15 is 0 Å². The van der Waals surface area contributed by atoms with E-state index in [1.165, 1.54) is 24.1 Å². The van der Waals surface area contributed by atoms with Gasteiger partial charge >= 0.3 is 0 Å². The van der Waals surface area contributed by atoms with E-state index in [0.29, 0.717) is 28.6 Å². The molecule has 0 fully saturated rings. The van der Waals surface area contributed by atoms with Crippen LogP contribution in [0.4, 0.5) is 5.69 Å². The number of nitrogens with zero attached hydrogens (tertiary/aromatic N) is 2. The number of methoxy groups -OCH3 is 1. The third kappa shape index (κ3) is 7.90. The molecular formula is C24H30Cl3N3O5S. The second-order valence-electron chi connectivity index (χ2n) is 8.06. The molecule has 0 aliphatic heterocycles. The van der Waals surface area contributed by atoms with E-state index in [9.17, 15) is 18.0 Å². The van der Waals surface area contributed by atoms with Gasteiger partial charge < -0.3 is 15.0 Å². The highest BCUT2D eigenvalue weighted by Crippen LogP contribution is 2.33. The van der Waals surface area contributed by atoms with Gasteiger partial charge in [-0.1, -0.05) is 54.7 Å². The van der Waals surface area contributed by atoms with Gasteiger partial charge in [0.25, 0.3) is 0 Å². The van der Waals surface area contributed by atoms with Crippen LogP contribution in [-0.4, -0.2) is 57.6 Å². The van der Waals surface area contributed by atoms with E-state index in [0.717, 1.165) is 17.0 Å². The molecule has 0 saturated carbocycles. The molecule has 198 valence electrons. The molecule has 0 bridgehead atoms.